The second kappa shape index (κ2) is 6.63. The molecule has 1 aromatic carbocycles. The fourth-order valence-corrected chi connectivity index (χ4v) is 2.99. The lowest BCUT2D eigenvalue weighted by molar-refractivity contribution is -0.116. The number of amides is 1. The molecule has 0 saturated carbocycles. The fourth-order valence-electron chi connectivity index (χ4n) is 2.22. The van der Waals surface area contributed by atoms with Gasteiger partial charge in [0.1, 0.15) is 11.4 Å². The van der Waals surface area contributed by atoms with Crippen LogP contribution in [0.4, 0.5) is 5.69 Å². The van der Waals surface area contributed by atoms with Crippen molar-refractivity contribution < 1.29 is 14.3 Å². The van der Waals surface area contributed by atoms with Gasteiger partial charge in [-0.3, -0.25) is 14.2 Å². The molecule has 0 unspecified atom stereocenters. The molecule has 3 aromatic rings. The Kier molecular flexibility index (Phi) is 4.39. The largest absolute Gasteiger partial charge is 0.465 e. The summed E-state index contributed by atoms with van der Waals surface area (Å²) in [5.74, 6) is -0.956. The molecule has 1 amide bonds. The molecule has 8 heteroatoms. The van der Waals surface area contributed by atoms with Crippen LogP contribution in [0.25, 0.3) is 10.9 Å². The number of carbonyl (C=O) groups is 2. The number of methoxy groups -OCH3 is 1. The normalized spacial score (nSPS) is 10.5. The van der Waals surface area contributed by atoms with Crippen LogP contribution in [0.15, 0.2) is 46.8 Å². The zero-order valence-corrected chi connectivity index (χ0v) is 13.5. The van der Waals surface area contributed by atoms with Crippen molar-refractivity contribution in [3.8, 4) is 0 Å². The molecule has 0 aliphatic heterocycles. The van der Waals surface area contributed by atoms with Gasteiger partial charge in [-0.05, 0) is 23.6 Å². The molecule has 3 rings (SSSR count). The Morgan fingerprint density at radius 1 is 1.29 bits per heavy atom. The summed E-state index contributed by atoms with van der Waals surface area (Å²) in [5.41, 5.74) is 0.637. The number of hydrogen-bond donors (Lipinski definition) is 1. The van der Waals surface area contributed by atoms with E-state index in [1.807, 2.05) is 0 Å². The van der Waals surface area contributed by atoms with Crippen molar-refractivity contribution in [3.05, 3.63) is 57.3 Å². The van der Waals surface area contributed by atoms with Gasteiger partial charge in [0.2, 0.25) is 5.91 Å². The SMILES string of the molecule is COC(=O)c1sccc1NC(=O)Cn1cnc2ccccc2c1=O. The average Bonchev–Trinajstić information content (AvgIpc) is 3.05. The quantitative estimate of drug-likeness (QED) is 0.731. The van der Waals surface area contributed by atoms with E-state index in [1.54, 1.807) is 35.7 Å². The summed E-state index contributed by atoms with van der Waals surface area (Å²) >= 11 is 1.17. The van der Waals surface area contributed by atoms with Crippen molar-refractivity contribution in [2.24, 2.45) is 0 Å². The number of nitrogens with one attached hydrogen (secondary N) is 1. The van der Waals surface area contributed by atoms with E-state index in [9.17, 15) is 14.4 Å². The summed E-state index contributed by atoms with van der Waals surface area (Å²) in [5, 5.41) is 4.73. The van der Waals surface area contributed by atoms with Crippen molar-refractivity contribution >= 4 is 39.8 Å². The molecule has 0 radical (unpaired) electrons. The first kappa shape index (κ1) is 15.9. The number of thiophene rings is 1. The van der Waals surface area contributed by atoms with Crippen LogP contribution in [0.3, 0.4) is 0 Å². The Balaban J connectivity index is 1.81. The standard InChI is InChI=1S/C16H13N3O4S/c1-23-16(22)14-12(6-7-24-14)18-13(20)8-19-9-17-11-5-3-2-4-10(11)15(19)21/h2-7,9H,8H2,1H3,(H,18,20). The lowest BCUT2D eigenvalue weighted by Crippen LogP contribution is -2.28. The molecule has 0 saturated heterocycles. The second-order valence-electron chi connectivity index (χ2n) is 4.90. The van der Waals surface area contributed by atoms with Crippen LogP contribution in [0.1, 0.15) is 9.67 Å². The predicted octanol–water partition coefficient (Wildman–Crippen LogP) is 1.88. The van der Waals surface area contributed by atoms with Crippen molar-refractivity contribution in [2.75, 3.05) is 12.4 Å². The van der Waals surface area contributed by atoms with Gasteiger partial charge in [-0.25, -0.2) is 9.78 Å². The molecule has 2 aromatic heterocycles. The van der Waals surface area contributed by atoms with Crippen molar-refractivity contribution in [2.45, 2.75) is 6.54 Å². The van der Waals surface area contributed by atoms with E-state index in [1.165, 1.54) is 29.3 Å². The third kappa shape index (κ3) is 3.04. The number of rotatable bonds is 4. The molecule has 0 spiro atoms. The smallest absolute Gasteiger partial charge is 0.350 e. The number of fused-ring (bicyclic) bond motifs is 1. The number of aromatic nitrogens is 2. The maximum atomic E-state index is 12.4. The molecule has 7 nitrogen and oxygen atoms in total. The summed E-state index contributed by atoms with van der Waals surface area (Å²) in [4.78, 5) is 40.6. The minimum absolute atomic E-state index is 0.201. The monoisotopic (exact) mass is 343 g/mol. The summed E-state index contributed by atoms with van der Waals surface area (Å²) < 4.78 is 5.88. The highest BCUT2D eigenvalue weighted by Crippen LogP contribution is 2.23. The molecule has 0 bridgehead atoms. The molecule has 24 heavy (non-hydrogen) atoms. The van der Waals surface area contributed by atoms with Gasteiger partial charge in [-0.1, -0.05) is 12.1 Å². The molecule has 0 atom stereocenters. The number of para-hydroxylation sites is 1. The van der Waals surface area contributed by atoms with Crippen LogP contribution in [-0.2, 0) is 16.1 Å². The van der Waals surface area contributed by atoms with Crippen LogP contribution in [0.2, 0.25) is 0 Å². The fraction of sp³-hybridized carbons (Fsp3) is 0.125. The second-order valence-corrected chi connectivity index (χ2v) is 5.81. The molecule has 2 heterocycles. The van der Waals surface area contributed by atoms with Gasteiger partial charge < -0.3 is 10.1 Å². The molecule has 0 aliphatic carbocycles. The van der Waals surface area contributed by atoms with Gasteiger partial charge in [-0.15, -0.1) is 11.3 Å². The zero-order valence-electron chi connectivity index (χ0n) is 12.7. The Morgan fingerprint density at radius 2 is 2.08 bits per heavy atom. The summed E-state index contributed by atoms with van der Waals surface area (Å²) in [6.07, 6.45) is 1.33. The highest BCUT2D eigenvalue weighted by molar-refractivity contribution is 7.12. The maximum absolute atomic E-state index is 12.4. The van der Waals surface area contributed by atoms with Gasteiger partial charge in [0.25, 0.3) is 5.56 Å². The van der Waals surface area contributed by atoms with Gasteiger partial charge >= 0.3 is 5.97 Å². The Hall–Kier alpha value is -3.00. The highest BCUT2D eigenvalue weighted by Gasteiger charge is 2.16. The highest BCUT2D eigenvalue weighted by atomic mass is 32.1. The van der Waals surface area contributed by atoms with Gasteiger partial charge in [0.15, 0.2) is 0 Å². The lowest BCUT2D eigenvalue weighted by atomic mass is 10.2. The van der Waals surface area contributed by atoms with Crippen LogP contribution in [0, 0.1) is 0 Å². The van der Waals surface area contributed by atoms with Crippen LogP contribution in [-0.4, -0.2) is 28.5 Å². The first-order valence-corrected chi connectivity index (χ1v) is 7.88. The van der Waals surface area contributed by atoms with Crippen molar-refractivity contribution in [3.63, 3.8) is 0 Å². The molecule has 0 aliphatic rings. The Morgan fingerprint density at radius 3 is 2.88 bits per heavy atom. The maximum Gasteiger partial charge on any atom is 0.350 e. The van der Waals surface area contributed by atoms with E-state index >= 15 is 0 Å². The number of nitrogens with zero attached hydrogens (tertiary/aromatic N) is 2. The molecule has 0 fully saturated rings. The average molecular weight is 343 g/mol. The third-order valence-electron chi connectivity index (χ3n) is 3.36. The predicted molar refractivity (Wildman–Crippen MR) is 90.3 cm³/mol. The zero-order chi connectivity index (χ0) is 17.1. The minimum atomic E-state index is -0.523. The van der Waals surface area contributed by atoms with E-state index in [4.69, 9.17) is 0 Å². The topological polar surface area (TPSA) is 90.3 Å². The minimum Gasteiger partial charge on any atom is -0.465 e. The molecular formula is C16H13N3O4S. The number of esters is 1. The van der Waals surface area contributed by atoms with Crippen molar-refractivity contribution in [1.29, 1.82) is 0 Å². The Labute approximate surface area is 140 Å². The van der Waals surface area contributed by atoms with E-state index < -0.39 is 11.9 Å². The summed E-state index contributed by atoms with van der Waals surface area (Å²) in [6.45, 7) is -0.201. The van der Waals surface area contributed by atoms with E-state index in [2.05, 4.69) is 15.0 Å². The van der Waals surface area contributed by atoms with Crippen LogP contribution >= 0.6 is 11.3 Å². The van der Waals surface area contributed by atoms with Crippen molar-refractivity contribution in [1.82, 2.24) is 9.55 Å². The number of ether oxygens (including phenoxy) is 1. The Bertz CT molecular complexity index is 977. The third-order valence-corrected chi connectivity index (χ3v) is 4.25. The molecule has 1 N–H and O–H groups in total. The number of anilines is 1. The van der Waals surface area contributed by atoms with Gasteiger partial charge in [-0.2, -0.15) is 0 Å². The summed E-state index contributed by atoms with van der Waals surface area (Å²) in [6, 6.07) is 8.53. The van der Waals surface area contributed by atoms with E-state index in [-0.39, 0.29) is 12.1 Å². The molecule has 122 valence electrons. The summed E-state index contributed by atoms with van der Waals surface area (Å²) in [7, 11) is 1.27. The van der Waals surface area contributed by atoms with Crippen LogP contribution < -0.4 is 10.9 Å². The first-order valence-electron chi connectivity index (χ1n) is 7.00. The van der Waals surface area contributed by atoms with E-state index in [0.717, 1.165) is 0 Å². The molecular weight excluding hydrogens is 330 g/mol. The number of benzene rings is 1. The van der Waals surface area contributed by atoms with E-state index in [0.29, 0.717) is 21.5 Å². The number of hydrogen-bond acceptors (Lipinski definition) is 6. The lowest BCUT2D eigenvalue weighted by Gasteiger charge is -2.08. The number of carbonyl (C=O) groups excluding carboxylic acids is 2. The van der Waals surface area contributed by atoms with Gasteiger partial charge in [0, 0.05) is 0 Å². The van der Waals surface area contributed by atoms with Crippen LogP contribution in [0.5, 0.6) is 0 Å². The first-order chi connectivity index (χ1) is 11.6. The van der Waals surface area contributed by atoms with Gasteiger partial charge in [0.05, 0.1) is 30.0 Å².